The summed E-state index contributed by atoms with van der Waals surface area (Å²) in [6, 6.07) is 0. The maximum Gasteiger partial charge on any atom is 0.257 e. The van der Waals surface area contributed by atoms with E-state index in [4.69, 9.17) is 10.8 Å². The van der Waals surface area contributed by atoms with Crippen LogP contribution in [0.4, 0.5) is 10.8 Å². The van der Waals surface area contributed by atoms with Gasteiger partial charge in [0.25, 0.3) is 5.91 Å². The fraction of sp³-hybridized carbons (Fsp3) is 0.500. The molecule has 1 rings (SSSR count). The predicted octanol–water partition coefficient (Wildman–Crippen LogP) is -0.122. The van der Waals surface area contributed by atoms with E-state index in [0.29, 0.717) is 17.1 Å². The van der Waals surface area contributed by atoms with Crippen molar-refractivity contribution in [2.75, 3.05) is 24.6 Å². The average Bonchev–Trinajstić information content (AvgIpc) is 2.55. The molecule has 0 aliphatic heterocycles. The molecule has 0 saturated heterocycles. The number of nitrogen functional groups attached to an aromatic ring is 1. The number of carbonyl (C=O) groups is 1. The van der Waals surface area contributed by atoms with Crippen LogP contribution in [0.2, 0.25) is 0 Å². The lowest BCUT2D eigenvalue weighted by molar-refractivity contribution is 0.0965. The molecule has 1 aromatic heterocycles. The Bertz CT molecular complexity index is 350. The molecule has 1 atom stereocenters. The van der Waals surface area contributed by atoms with Gasteiger partial charge >= 0.3 is 0 Å². The van der Waals surface area contributed by atoms with Gasteiger partial charge in [-0.3, -0.25) is 4.79 Å². The highest BCUT2D eigenvalue weighted by Gasteiger charge is 2.17. The summed E-state index contributed by atoms with van der Waals surface area (Å²) in [7, 11) is 1.53. The number of aliphatic hydroxyl groups is 1. The van der Waals surface area contributed by atoms with Gasteiger partial charge in [0.15, 0.2) is 5.82 Å². The first-order valence-electron chi connectivity index (χ1n) is 4.45. The van der Waals surface area contributed by atoms with Crippen molar-refractivity contribution in [1.29, 1.82) is 0 Å². The number of amides is 1. The van der Waals surface area contributed by atoms with E-state index in [1.165, 1.54) is 7.05 Å². The van der Waals surface area contributed by atoms with Crippen molar-refractivity contribution in [3.8, 4) is 0 Å². The van der Waals surface area contributed by atoms with E-state index < -0.39 is 6.10 Å². The quantitative estimate of drug-likeness (QED) is 0.577. The van der Waals surface area contributed by atoms with E-state index in [9.17, 15) is 4.79 Å². The molecule has 5 N–H and O–H groups in total. The van der Waals surface area contributed by atoms with Gasteiger partial charge in [-0.1, -0.05) is 0 Å². The molecule has 0 aliphatic carbocycles. The molecule has 15 heavy (non-hydrogen) atoms. The number of anilines is 2. The Labute approximate surface area is 91.7 Å². The highest BCUT2D eigenvalue weighted by molar-refractivity contribution is 7.11. The first kappa shape index (κ1) is 11.7. The largest absolute Gasteiger partial charge is 0.392 e. The van der Waals surface area contributed by atoms with Crippen molar-refractivity contribution in [1.82, 2.24) is 9.69 Å². The molecule has 1 amide bonds. The van der Waals surface area contributed by atoms with Crippen LogP contribution in [0.15, 0.2) is 0 Å². The highest BCUT2D eigenvalue weighted by Crippen LogP contribution is 2.26. The summed E-state index contributed by atoms with van der Waals surface area (Å²) in [4.78, 5) is 11.4. The molecule has 1 aromatic rings. The Morgan fingerprint density at radius 1 is 1.73 bits per heavy atom. The first-order valence-corrected chi connectivity index (χ1v) is 5.22. The zero-order valence-corrected chi connectivity index (χ0v) is 9.39. The lowest BCUT2D eigenvalue weighted by Crippen LogP contribution is -2.21. The summed E-state index contributed by atoms with van der Waals surface area (Å²) >= 11 is 1.10. The molecule has 0 saturated carbocycles. The number of aliphatic hydroxyl groups excluding tert-OH is 1. The van der Waals surface area contributed by atoms with Crippen LogP contribution < -0.4 is 16.4 Å². The molecule has 1 unspecified atom stereocenters. The minimum atomic E-state index is -0.495. The van der Waals surface area contributed by atoms with Crippen molar-refractivity contribution in [2.24, 2.45) is 0 Å². The molecule has 0 aromatic carbocycles. The van der Waals surface area contributed by atoms with E-state index in [-0.39, 0.29) is 11.7 Å². The van der Waals surface area contributed by atoms with E-state index in [0.717, 1.165) is 11.5 Å². The Morgan fingerprint density at radius 2 is 2.40 bits per heavy atom. The topological polar surface area (TPSA) is 100 Å². The van der Waals surface area contributed by atoms with Crippen molar-refractivity contribution in [3.05, 3.63) is 5.56 Å². The Kier molecular flexibility index (Phi) is 3.87. The second kappa shape index (κ2) is 4.94. The third-order valence-electron chi connectivity index (χ3n) is 1.73. The molecule has 7 heteroatoms. The summed E-state index contributed by atoms with van der Waals surface area (Å²) < 4.78 is 3.88. The number of hydrogen-bond donors (Lipinski definition) is 4. The molecular formula is C8H14N4O2S. The van der Waals surface area contributed by atoms with Gasteiger partial charge in [-0.05, 0) is 18.5 Å². The van der Waals surface area contributed by atoms with E-state index in [1.54, 1.807) is 6.92 Å². The second-order valence-corrected chi connectivity index (χ2v) is 3.85. The normalized spacial score (nSPS) is 12.2. The molecule has 1 heterocycles. The summed E-state index contributed by atoms with van der Waals surface area (Å²) in [5.74, 6) is -0.0817. The number of nitrogens with zero attached hydrogens (tertiary/aromatic N) is 1. The molecule has 0 aliphatic rings. The van der Waals surface area contributed by atoms with Gasteiger partial charge in [0, 0.05) is 13.6 Å². The van der Waals surface area contributed by atoms with Gasteiger partial charge in [0.1, 0.15) is 10.6 Å². The van der Waals surface area contributed by atoms with Crippen molar-refractivity contribution >= 4 is 28.3 Å². The summed E-state index contributed by atoms with van der Waals surface area (Å²) in [5, 5.41) is 15.1. The van der Waals surface area contributed by atoms with Gasteiger partial charge in [-0.15, -0.1) is 0 Å². The van der Waals surface area contributed by atoms with E-state index >= 15 is 0 Å². The second-order valence-electron chi connectivity index (χ2n) is 3.08. The minimum Gasteiger partial charge on any atom is -0.392 e. The van der Waals surface area contributed by atoms with Crippen LogP contribution in [0.1, 0.15) is 17.3 Å². The third-order valence-corrected chi connectivity index (χ3v) is 2.55. The minimum absolute atomic E-state index is 0.201. The SMILES string of the molecule is CNC(=O)c1c(N)nsc1NCC(C)O. The Balaban J connectivity index is 2.84. The molecular weight excluding hydrogens is 216 g/mol. The zero-order chi connectivity index (χ0) is 11.4. The third kappa shape index (κ3) is 2.80. The summed E-state index contributed by atoms with van der Waals surface area (Å²) in [6.07, 6.45) is -0.495. The van der Waals surface area contributed by atoms with Gasteiger partial charge in [-0.2, -0.15) is 4.37 Å². The molecule has 0 bridgehead atoms. The van der Waals surface area contributed by atoms with Crippen molar-refractivity contribution in [2.45, 2.75) is 13.0 Å². The van der Waals surface area contributed by atoms with Gasteiger partial charge in [0.05, 0.1) is 6.10 Å². The van der Waals surface area contributed by atoms with Gasteiger partial charge < -0.3 is 21.5 Å². The van der Waals surface area contributed by atoms with Crippen LogP contribution >= 0.6 is 11.5 Å². The number of nitrogens with two attached hydrogens (primary N) is 1. The smallest absolute Gasteiger partial charge is 0.257 e. The lowest BCUT2D eigenvalue weighted by atomic mass is 10.3. The van der Waals surface area contributed by atoms with Crippen LogP contribution in [-0.2, 0) is 0 Å². The fourth-order valence-corrected chi connectivity index (χ4v) is 1.73. The van der Waals surface area contributed by atoms with E-state index in [2.05, 4.69) is 15.0 Å². The number of aromatic nitrogens is 1. The van der Waals surface area contributed by atoms with Gasteiger partial charge in [-0.25, -0.2) is 0 Å². The average molecular weight is 230 g/mol. The van der Waals surface area contributed by atoms with E-state index in [1.807, 2.05) is 0 Å². The lowest BCUT2D eigenvalue weighted by Gasteiger charge is -2.07. The van der Waals surface area contributed by atoms with Gasteiger partial charge in [0.2, 0.25) is 0 Å². The highest BCUT2D eigenvalue weighted by atomic mass is 32.1. The summed E-state index contributed by atoms with van der Waals surface area (Å²) in [6.45, 7) is 2.00. The molecule has 84 valence electrons. The molecule has 6 nitrogen and oxygen atoms in total. The predicted molar refractivity (Wildman–Crippen MR) is 60.1 cm³/mol. The van der Waals surface area contributed by atoms with Crippen LogP contribution in [0.5, 0.6) is 0 Å². The number of rotatable bonds is 4. The van der Waals surface area contributed by atoms with Crippen molar-refractivity contribution < 1.29 is 9.90 Å². The van der Waals surface area contributed by atoms with Crippen LogP contribution in [0, 0.1) is 0 Å². The zero-order valence-electron chi connectivity index (χ0n) is 8.57. The monoisotopic (exact) mass is 230 g/mol. The maximum atomic E-state index is 11.4. The first-order chi connectivity index (χ1) is 7.06. The van der Waals surface area contributed by atoms with Crippen LogP contribution in [-0.4, -0.2) is 35.1 Å². The Hall–Kier alpha value is -1.34. The molecule has 0 spiro atoms. The fourth-order valence-electron chi connectivity index (χ4n) is 1.01. The Morgan fingerprint density at radius 3 is 2.93 bits per heavy atom. The standard InChI is InChI=1S/C8H14N4O2S/c1-4(13)3-11-8-5(7(14)10-2)6(9)12-15-8/h4,11,13H,3H2,1-2H3,(H2,9,12)(H,10,14). The number of carbonyl (C=O) groups excluding carboxylic acids is 1. The number of nitrogens with one attached hydrogen (secondary N) is 2. The van der Waals surface area contributed by atoms with Crippen molar-refractivity contribution in [3.63, 3.8) is 0 Å². The maximum absolute atomic E-state index is 11.4. The molecule has 0 radical (unpaired) electrons. The van der Waals surface area contributed by atoms with Crippen LogP contribution in [0.25, 0.3) is 0 Å². The molecule has 0 fully saturated rings. The van der Waals surface area contributed by atoms with Crippen LogP contribution in [0.3, 0.4) is 0 Å². The number of hydrogen-bond acceptors (Lipinski definition) is 6. The summed E-state index contributed by atoms with van der Waals surface area (Å²) in [5.41, 5.74) is 5.90.